The second-order valence-corrected chi connectivity index (χ2v) is 5.30. The van der Waals surface area contributed by atoms with Crippen LogP contribution in [0.25, 0.3) is 0 Å². The minimum atomic E-state index is -0.0176. The molecule has 0 heterocycles. The molecular weight excluding hydrogens is 222 g/mol. The lowest BCUT2D eigenvalue weighted by molar-refractivity contribution is -0.136. The van der Waals surface area contributed by atoms with Crippen molar-refractivity contribution < 1.29 is 4.79 Å². The summed E-state index contributed by atoms with van der Waals surface area (Å²) in [6, 6.07) is 10.6. The number of amides is 1. The Morgan fingerprint density at radius 1 is 1.06 bits per heavy atom. The van der Waals surface area contributed by atoms with Gasteiger partial charge in [-0.25, -0.2) is 0 Å². The maximum absolute atomic E-state index is 12.7. The SMILES string of the molecule is CC[C@H](C(=O)N(C(C)C)C(C)C)c1ccccc1. The van der Waals surface area contributed by atoms with Crippen molar-refractivity contribution in [2.24, 2.45) is 0 Å². The third kappa shape index (κ3) is 3.34. The largest absolute Gasteiger partial charge is 0.337 e. The molecular formula is C16H25NO. The van der Waals surface area contributed by atoms with E-state index < -0.39 is 0 Å². The summed E-state index contributed by atoms with van der Waals surface area (Å²) in [5.74, 6) is 0.227. The molecule has 18 heavy (non-hydrogen) atoms. The van der Waals surface area contributed by atoms with Crippen molar-refractivity contribution in [2.75, 3.05) is 0 Å². The molecule has 0 aliphatic heterocycles. The minimum absolute atomic E-state index is 0.0176. The number of carbonyl (C=O) groups excluding carboxylic acids is 1. The van der Waals surface area contributed by atoms with E-state index in [1.54, 1.807) is 0 Å². The lowest BCUT2D eigenvalue weighted by Crippen LogP contribution is -2.44. The van der Waals surface area contributed by atoms with Gasteiger partial charge >= 0.3 is 0 Å². The van der Waals surface area contributed by atoms with Gasteiger partial charge in [0.2, 0.25) is 5.91 Å². The van der Waals surface area contributed by atoms with Crippen molar-refractivity contribution in [3.63, 3.8) is 0 Å². The standard InChI is InChI=1S/C16H25NO/c1-6-15(14-10-8-7-9-11-14)16(18)17(12(2)3)13(4)5/h7-13,15H,6H2,1-5H3/t15-/m0/s1. The third-order valence-electron chi connectivity index (χ3n) is 3.28. The minimum Gasteiger partial charge on any atom is -0.337 e. The highest BCUT2D eigenvalue weighted by Crippen LogP contribution is 2.24. The van der Waals surface area contributed by atoms with E-state index in [4.69, 9.17) is 0 Å². The molecule has 2 nitrogen and oxygen atoms in total. The summed E-state index contributed by atoms with van der Waals surface area (Å²) in [7, 11) is 0. The van der Waals surface area contributed by atoms with Gasteiger partial charge in [-0.3, -0.25) is 4.79 Å². The number of hydrogen-bond acceptors (Lipinski definition) is 1. The van der Waals surface area contributed by atoms with Crippen LogP contribution in [0.1, 0.15) is 52.5 Å². The Kier molecular flexibility index (Phi) is 5.39. The molecule has 0 aromatic heterocycles. The summed E-state index contributed by atoms with van der Waals surface area (Å²) in [6.45, 7) is 10.4. The summed E-state index contributed by atoms with van der Waals surface area (Å²) in [4.78, 5) is 14.7. The van der Waals surface area contributed by atoms with Crippen molar-refractivity contribution in [3.8, 4) is 0 Å². The van der Waals surface area contributed by atoms with Gasteiger partial charge in [0.05, 0.1) is 5.92 Å². The molecule has 0 aliphatic carbocycles. The maximum Gasteiger partial charge on any atom is 0.230 e. The predicted molar refractivity (Wildman–Crippen MR) is 76.6 cm³/mol. The number of carbonyl (C=O) groups is 1. The molecule has 0 unspecified atom stereocenters. The molecule has 1 amide bonds. The molecule has 0 saturated carbocycles. The van der Waals surface area contributed by atoms with Crippen molar-refractivity contribution in [3.05, 3.63) is 35.9 Å². The Morgan fingerprint density at radius 3 is 1.94 bits per heavy atom. The van der Waals surface area contributed by atoms with Crippen LogP contribution in [0.15, 0.2) is 30.3 Å². The molecule has 0 aliphatic rings. The molecule has 1 aromatic rings. The topological polar surface area (TPSA) is 20.3 Å². The van der Waals surface area contributed by atoms with E-state index in [0.29, 0.717) is 0 Å². The van der Waals surface area contributed by atoms with Crippen LogP contribution in [0, 0.1) is 0 Å². The molecule has 0 saturated heterocycles. The third-order valence-corrected chi connectivity index (χ3v) is 3.28. The number of nitrogens with zero attached hydrogens (tertiary/aromatic N) is 1. The van der Waals surface area contributed by atoms with Crippen LogP contribution in [0.3, 0.4) is 0 Å². The van der Waals surface area contributed by atoms with E-state index in [9.17, 15) is 4.79 Å². The highest BCUT2D eigenvalue weighted by molar-refractivity contribution is 5.84. The zero-order valence-electron chi connectivity index (χ0n) is 12.2. The number of rotatable bonds is 5. The quantitative estimate of drug-likeness (QED) is 0.774. The maximum atomic E-state index is 12.7. The van der Waals surface area contributed by atoms with Gasteiger partial charge in [-0.2, -0.15) is 0 Å². The lowest BCUT2D eigenvalue weighted by atomic mass is 9.94. The molecule has 1 aromatic carbocycles. The molecule has 2 heteroatoms. The highest BCUT2D eigenvalue weighted by atomic mass is 16.2. The van der Waals surface area contributed by atoms with Crippen LogP contribution >= 0.6 is 0 Å². The second kappa shape index (κ2) is 6.58. The molecule has 0 radical (unpaired) electrons. The Bertz CT molecular complexity index is 362. The highest BCUT2D eigenvalue weighted by Gasteiger charge is 2.27. The first kappa shape index (κ1) is 14.7. The molecule has 0 fully saturated rings. The van der Waals surface area contributed by atoms with Crippen molar-refractivity contribution in [1.29, 1.82) is 0 Å². The second-order valence-electron chi connectivity index (χ2n) is 5.30. The zero-order chi connectivity index (χ0) is 13.7. The molecule has 0 spiro atoms. The summed E-state index contributed by atoms with van der Waals surface area (Å²) in [6.07, 6.45) is 0.846. The van der Waals surface area contributed by atoms with Gasteiger partial charge in [-0.15, -0.1) is 0 Å². The van der Waals surface area contributed by atoms with Gasteiger partial charge in [-0.1, -0.05) is 37.3 Å². The summed E-state index contributed by atoms with van der Waals surface area (Å²) in [5.41, 5.74) is 1.12. The first-order valence-electron chi connectivity index (χ1n) is 6.86. The Morgan fingerprint density at radius 2 is 1.56 bits per heavy atom. The Balaban J connectivity index is 2.98. The van der Waals surface area contributed by atoms with Crippen LogP contribution in [-0.2, 0) is 4.79 Å². The smallest absolute Gasteiger partial charge is 0.230 e. The fourth-order valence-corrected chi connectivity index (χ4v) is 2.52. The van der Waals surface area contributed by atoms with Crippen LogP contribution < -0.4 is 0 Å². The fourth-order valence-electron chi connectivity index (χ4n) is 2.52. The van der Waals surface area contributed by atoms with Gasteiger partial charge in [0, 0.05) is 12.1 Å². The Hall–Kier alpha value is -1.31. The molecule has 1 rings (SSSR count). The fraction of sp³-hybridized carbons (Fsp3) is 0.562. The summed E-state index contributed by atoms with van der Waals surface area (Å²) >= 11 is 0. The average molecular weight is 247 g/mol. The molecule has 0 N–H and O–H groups in total. The van der Waals surface area contributed by atoms with Crippen molar-refractivity contribution in [1.82, 2.24) is 4.90 Å². The van der Waals surface area contributed by atoms with Gasteiger partial charge in [0.1, 0.15) is 0 Å². The van der Waals surface area contributed by atoms with E-state index in [-0.39, 0.29) is 23.9 Å². The lowest BCUT2D eigenvalue weighted by Gasteiger charge is -2.34. The first-order chi connectivity index (χ1) is 8.49. The van der Waals surface area contributed by atoms with Gasteiger partial charge < -0.3 is 4.90 Å². The van der Waals surface area contributed by atoms with Crippen LogP contribution in [0.4, 0.5) is 0 Å². The van der Waals surface area contributed by atoms with E-state index >= 15 is 0 Å². The summed E-state index contributed by atoms with van der Waals surface area (Å²) in [5, 5.41) is 0. The normalized spacial score (nSPS) is 12.8. The van der Waals surface area contributed by atoms with Crippen LogP contribution in [0.5, 0.6) is 0 Å². The van der Waals surface area contributed by atoms with Gasteiger partial charge in [0.15, 0.2) is 0 Å². The van der Waals surface area contributed by atoms with Gasteiger partial charge in [0.25, 0.3) is 0 Å². The average Bonchev–Trinajstić information content (AvgIpc) is 2.30. The number of hydrogen-bond donors (Lipinski definition) is 0. The predicted octanol–water partition coefficient (Wildman–Crippen LogP) is 3.83. The van der Waals surface area contributed by atoms with Crippen molar-refractivity contribution >= 4 is 5.91 Å². The molecule has 100 valence electrons. The van der Waals surface area contributed by atoms with E-state index in [2.05, 4.69) is 34.6 Å². The van der Waals surface area contributed by atoms with E-state index in [1.807, 2.05) is 35.2 Å². The molecule has 0 bridgehead atoms. The molecule has 1 atom stereocenters. The van der Waals surface area contributed by atoms with Crippen molar-refractivity contribution in [2.45, 2.75) is 59.0 Å². The van der Waals surface area contributed by atoms with Crippen LogP contribution in [-0.4, -0.2) is 22.9 Å². The van der Waals surface area contributed by atoms with E-state index in [0.717, 1.165) is 12.0 Å². The zero-order valence-corrected chi connectivity index (χ0v) is 12.2. The summed E-state index contributed by atoms with van der Waals surface area (Å²) < 4.78 is 0. The Labute approximate surface area is 111 Å². The van der Waals surface area contributed by atoms with Gasteiger partial charge in [-0.05, 0) is 39.7 Å². The monoisotopic (exact) mass is 247 g/mol. The van der Waals surface area contributed by atoms with Crippen LogP contribution in [0.2, 0.25) is 0 Å². The first-order valence-corrected chi connectivity index (χ1v) is 6.86. The number of benzene rings is 1. The van der Waals surface area contributed by atoms with E-state index in [1.165, 1.54) is 0 Å².